The maximum absolute atomic E-state index is 13.2. The first-order valence-corrected chi connectivity index (χ1v) is 6.63. The summed E-state index contributed by atoms with van der Waals surface area (Å²) in [5.74, 6) is -0.148. The summed E-state index contributed by atoms with van der Waals surface area (Å²) in [4.78, 5) is 2.24. The van der Waals surface area contributed by atoms with Crippen molar-refractivity contribution in [3.8, 4) is 0 Å². The molecule has 0 unspecified atom stereocenters. The second-order valence-electron chi connectivity index (χ2n) is 4.46. The molecule has 2 rings (SSSR count). The maximum atomic E-state index is 13.2. The van der Waals surface area contributed by atoms with E-state index in [1.165, 1.54) is 5.56 Å². The van der Waals surface area contributed by atoms with Crippen LogP contribution in [0.1, 0.15) is 12.5 Å². The molecule has 0 fully saturated rings. The van der Waals surface area contributed by atoms with Gasteiger partial charge in [0.15, 0.2) is 0 Å². The van der Waals surface area contributed by atoms with Crippen LogP contribution in [0.4, 0.5) is 10.1 Å². The van der Waals surface area contributed by atoms with E-state index < -0.39 is 0 Å². The smallest absolute Gasteiger partial charge is 0.125 e. The van der Waals surface area contributed by atoms with Crippen molar-refractivity contribution in [3.05, 3.63) is 29.6 Å². The van der Waals surface area contributed by atoms with Crippen molar-refractivity contribution in [1.29, 1.82) is 0 Å². The molecule has 0 bridgehead atoms. The number of halogens is 1. The molecule has 18 heavy (non-hydrogen) atoms. The Labute approximate surface area is 108 Å². The van der Waals surface area contributed by atoms with Gasteiger partial charge in [-0.1, -0.05) is 6.07 Å². The van der Waals surface area contributed by atoms with Crippen LogP contribution in [0.25, 0.3) is 0 Å². The van der Waals surface area contributed by atoms with Crippen molar-refractivity contribution in [2.45, 2.75) is 13.3 Å². The molecule has 0 saturated heterocycles. The molecule has 0 saturated carbocycles. The molecule has 0 amide bonds. The second-order valence-corrected chi connectivity index (χ2v) is 4.46. The van der Waals surface area contributed by atoms with E-state index in [9.17, 15) is 4.39 Å². The quantitative estimate of drug-likeness (QED) is 0.749. The molecule has 0 spiro atoms. The summed E-state index contributed by atoms with van der Waals surface area (Å²) in [7, 11) is 0. The summed E-state index contributed by atoms with van der Waals surface area (Å²) in [5.41, 5.74) is 2.31. The molecule has 0 aliphatic carbocycles. The monoisotopic (exact) mass is 252 g/mol. The largest absolute Gasteiger partial charge is 0.380 e. The predicted molar refractivity (Wildman–Crippen MR) is 71.7 cm³/mol. The molecule has 1 N–H and O–H groups in total. The zero-order valence-electron chi connectivity index (χ0n) is 10.9. The van der Waals surface area contributed by atoms with Crippen LogP contribution in [0.3, 0.4) is 0 Å². The van der Waals surface area contributed by atoms with Crippen molar-refractivity contribution < 1.29 is 9.13 Å². The van der Waals surface area contributed by atoms with E-state index >= 15 is 0 Å². The molecule has 1 aliphatic heterocycles. The third-order valence-corrected chi connectivity index (χ3v) is 3.22. The zero-order chi connectivity index (χ0) is 12.8. The minimum atomic E-state index is -0.148. The van der Waals surface area contributed by atoms with E-state index in [4.69, 9.17) is 4.74 Å². The first-order valence-electron chi connectivity index (χ1n) is 6.63. The van der Waals surface area contributed by atoms with Crippen LogP contribution in [0, 0.1) is 5.82 Å². The lowest BCUT2D eigenvalue weighted by molar-refractivity contribution is 0.149. The fourth-order valence-corrected chi connectivity index (χ4v) is 2.28. The Morgan fingerprint density at radius 1 is 1.39 bits per heavy atom. The number of fused-ring (bicyclic) bond motifs is 1. The number of nitrogens with one attached hydrogen (secondary N) is 1. The number of hydrogen-bond donors (Lipinski definition) is 1. The van der Waals surface area contributed by atoms with Gasteiger partial charge < -0.3 is 15.0 Å². The summed E-state index contributed by atoms with van der Waals surface area (Å²) in [5, 5.41) is 3.33. The summed E-state index contributed by atoms with van der Waals surface area (Å²) < 4.78 is 18.5. The average Bonchev–Trinajstić information content (AvgIpc) is 2.76. The number of ether oxygens (including phenoxy) is 1. The summed E-state index contributed by atoms with van der Waals surface area (Å²) in [6, 6.07) is 5.08. The highest BCUT2D eigenvalue weighted by atomic mass is 19.1. The lowest BCUT2D eigenvalue weighted by Crippen LogP contribution is -2.32. The molecule has 3 nitrogen and oxygen atoms in total. The summed E-state index contributed by atoms with van der Waals surface area (Å²) in [6.45, 7) is 7.20. The standard InChI is InChI=1S/C14H21FN2O/c1-2-18-10-7-16-6-9-17-8-5-12-3-4-13(15)11-14(12)17/h3-4,11,16H,2,5-10H2,1H3. The van der Waals surface area contributed by atoms with Gasteiger partial charge in [-0.2, -0.15) is 0 Å². The Morgan fingerprint density at radius 2 is 2.28 bits per heavy atom. The Kier molecular flexibility index (Phi) is 4.96. The van der Waals surface area contributed by atoms with E-state index in [0.717, 1.165) is 51.5 Å². The van der Waals surface area contributed by atoms with Gasteiger partial charge in [0.25, 0.3) is 0 Å². The lowest BCUT2D eigenvalue weighted by Gasteiger charge is -2.19. The molecule has 100 valence electrons. The highest BCUT2D eigenvalue weighted by Gasteiger charge is 2.18. The van der Waals surface area contributed by atoms with Crippen molar-refractivity contribution in [3.63, 3.8) is 0 Å². The SMILES string of the molecule is CCOCCNCCN1CCc2ccc(F)cc21. The van der Waals surface area contributed by atoms with E-state index in [1.807, 2.05) is 13.0 Å². The first-order chi connectivity index (χ1) is 8.81. The highest BCUT2D eigenvalue weighted by Crippen LogP contribution is 2.27. The van der Waals surface area contributed by atoms with Gasteiger partial charge in [-0.25, -0.2) is 4.39 Å². The third-order valence-electron chi connectivity index (χ3n) is 3.22. The zero-order valence-corrected chi connectivity index (χ0v) is 10.9. The normalized spacial score (nSPS) is 14.0. The molecule has 0 radical (unpaired) electrons. The van der Waals surface area contributed by atoms with Gasteiger partial charge in [0.1, 0.15) is 5.82 Å². The van der Waals surface area contributed by atoms with Crippen LogP contribution in [-0.2, 0) is 11.2 Å². The van der Waals surface area contributed by atoms with E-state index in [1.54, 1.807) is 12.1 Å². The van der Waals surface area contributed by atoms with Gasteiger partial charge in [0.05, 0.1) is 6.61 Å². The Morgan fingerprint density at radius 3 is 3.11 bits per heavy atom. The van der Waals surface area contributed by atoms with E-state index in [2.05, 4.69) is 10.2 Å². The number of nitrogens with zero attached hydrogens (tertiary/aromatic N) is 1. The van der Waals surface area contributed by atoms with E-state index in [0.29, 0.717) is 0 Å². The second kappa shape index (κ2) is 6.71. The molecule has 1 aliphatic rings. The van der Waals surface area contributed by atoms with Crippen LogP contribution < -0.4 is 10.2 Å². The van der Waals surface area contributed by atoms with Crippen LogP contribution in [0.5, 0.6) is 0 Å². The summed E-state index contributed by atoms with van der Waals surface area (Å²) >= 11 is 0. The maximum Gasteiger partial charge on any atom is 0.125 e. The van der Waals surface area contributed by atoms with Gasteiger partial charge in [-0.15, -0.1) is 0 Å². The Hall–Kier alpha value is -1.13. The number of anilines is 1. The molecular formula is C14H21FN2O. The molecule has 0 atom stereocenters. The highest BCUT2D eigenvalue weighted by molar-refractivity contribution is 5.58. The first kappa shape index (κ1) is 13.3. The minimum Gasteiger partial charge on any atom is -0.380 e. The molecular weight excluding hydrogens is 231 g/mol. The van der Waals surface area contributed by atoms with Gasteiger partial charge in [0, 0.05) is 38.5 Å². The van der Waals surface area contributed by atoms with Crippen molar-refractivity contribution in [2.75, 3.05) is 44.3 Å². The lowest BCUT2D eigenvalue weighted by atomic mass is 10.2. The fourth-order valence-electron chi connectivity index (χ4n) is 2.28. The number of hydrogen-bond acceptors (Lipinski definition) is 3. The molecule has 1 aromatic carbocycles. The third kappa shape index (κ3) is 3.43. The fraction of sp³-hybridized carbons (Fsp3) is 0.571. The minimum absolute atomic E-state index is 0.148. The van der Waals surface area contributed by atoms with Crippen molar-refractivity contribution >= 4 is 5.69 Å². The van der Waals surface area contributed by atoms with Gasteiger partial charge in [-0.05, 0) is 31.0 Å². The number of rotatable bonds is 7. The predicted octanol–water partition coefficient (Wildman–Crippen LogP) is 1.81. The average molecular weight is 252 g/mol. The van der Waals surface area contributed by atoms with Gasteiger partial charge in [-0.3, -0.25) is 0 Å². The van der Waals surface area contributed by atoms with Crippen LogP contribution in [0.2, 0.25) is 0 Å². The molecule has 0 aromatic heterocycles. The summed E-state index contributed by atoms with van der Waals surface area (Å²) in [6.07, 6.45) is 1.02. The van der Waals surface area contributed by atoms with Crippen molar-refractivity contribution in [1.82, 2.24) is 5.32 Å². The van der Waals surface area contributed by atoms with Crippen LogP contribution >= 0.6 is 0 Å². The van der Waals surface area contributed by atoms with E-state index in [-0.39, 0.29) is 5.82 Å². The van der Waals surface area contributed by atoms with Gasteiger partial charge in [0.2, 0.25) is 0 Å². The van der Waals surface area contributed by atoms with Crippen molar-refractivity contribution in [2.24, 2.45) is 0 Å². The number of benzene rings is 1. The van der Waals surface area contributed by atoms with Crippen LogP contribution in [0.15, 0.2) is 18.2 Å². The van der Waals surface area contributed by atoms with Crippen LogP contribution in [-0.4, -0.2) is 39.4 Å². The molecule has 1 heterocycles. The Bertz CT molecular complexity index is 384. The molecule has 1 aromatic rings. The van der Waals surface area contributed by atoms with Gasteiger partial charge >= 0.3 is 0 Å². The molecule has 4 heteroatoms. The topological polar surface area (TPSA) is 24.5 Å². The Balaban J connectivity index is 1.74.